The first-order valence-electron chi connectivity index (χ1n) is 31.7. The van der Waals surface area contributed by atoms with Crippen LogP contribution in [0.1, 0.15) is 105 Å². The van der Waals surface area contributed by atoms with Crippen LogP contribution in [-0.2, 0) is 21.7 Å². The quantitative estimate of drug-likeness (QED) is 0.144. The zero-order valence-corrected chi connectivity index (χ0v) is 53.8. The average molecular weight is 1170 g/mol. The third kappa shape index (κ3) is 11.4. The van der Waals surface area contributed by atoms with E-state index in [1.165, 1.54) is 22.3 Å². The van der Waals surface area contributed by atoms with Crippen molar-refractivity contribution >= 4 is 39.0 Å². The van der Waals surface area contributed by atoms with Gasteiger partial charge in [0.2, 0.25) is 0 Å². The Labute approximate surface area is 531 Å². The molecule has 0 fully saturated rings. The van der Waals surface area contributed by atoms with Crippen LogP contribution < -0.4 is 9.64 Å². The molecule has 0 radical (unpaired) electrons. The van der Waals surface area contributed by atoms with E-state index in [-0.39, 0.29) is 21.7 Å². The Balaban J connectivity index is 1.02. The fourth-order valence-electron chi connectivity index (χ4n) is 12.6. The summed E-state index contributed by atoms with van der Waals surface area (Å²) in [5.74, 6) is 2.96. The van der Waals surface area contributed by atoms with E-state index < -0.39 is 0 Å². The molecule has 4 nitrogen and oxygen atoms in total. The summed E-state index contributed by atoms with van der Waals surface area (Å²) >= 11 is 0. The Kier molecular flexibility index (Phi) is 14.1. The van der Waals surface area contributed by atoms with E-state index in [9.17, 15) is 0 Å². The highest BCUT2D eigenvalue weighted by Crippen LogP contribution is 2.54. The van der Waals surface area contributed by atoms with Crippen LogP contribution in [0.4, 0.5) is 17.1 Å². The molecular weight excluding hydrogens is 1090 g/mol. The maximum absolute atomic E-state index is 7.18. The van der Waals surface area contributed by atoms with Gasteiger partial charge in [-0.1, -0.05) is 217 Å². The molecule has 0 atom stereocenters. The maximum Gasteiger partial charge on any atom is 0.152 e. The highest BCUT2D eigenvalue weighted by molar-refractivity contribution is 5.95. The minimum atomic E-state index is 0.0147. The predicted octanol–water partition coefficient (Wildman–Crippen LogP) is 25.3. The number of hydrogen-bond donors (Lipinski definition) is 0. The smallest absolute Gasteiger partial charge is 0.152 e. The summed E-state index contributed by atoms with van der Waals surface area (Å²) in [6.07, 6.45) is 0. The lowest BCUT2D eigenvalue weighted by molar-refractivity contribution is 0.477. The van der Waals surface area contributed by atoms with Crippen molar-refractivity contribution in [3.05, 3.63) is 271 Å². The second-order valence-corrected chi connectivity index (χ2v) is 28.8. The summed E-state index contributed by atoms with van der Waals surface area (Å²) in [6, 6.07) is 91.6. The van der Waals surface area contributed by atoms with Crippen LogP contribution in [0.25, 0.3) is 111 Å². The number of para-hydroxylation sites is 2. The number of ether oxygens (including phenoxy) is 1. The highest BCUT2D eigenvalue weighted by Gasteiger charge is 2.30. The first kappa shape index (κ1) is 57.8. The van der Waals surface area contributed by atoms with E-state index in [4.69, 9.17) is 13.6 Å². The van der Waals surface area contributed by atoms with Gasteiger partial charge in [-0.05, 0) is 226 Å². The van der Waals surface area contributed by atoms with Crippen molar-refractivity contribution < 1.29 is 13.6 Å². The first-order chi connectivity index (χ1) is 43.0. The van der Waals surface area contributed by atoms with E-state index in [2.05, 4.69) is 300 Å². The number of hydrogen-bond acceptors (Lipinski definition) is 4. The van der Waals surface area contributed by atoms with Crippen LogP contribution in [0.3, 0.4) is 0 Å². The van der Waals surface area contributed by atoms with Gasteiger partial charge in [-0.2, -0.15) is 0 Å². The normalized spacial score (nSPS) is 12.7. The Morgan fingerprint density at radius 2 is 0.511 bits per heavy atom. The second kappa shape index (κ2) is 22.0. The topological polar surface area (TPSA) is 38.8 Å². The van der Waals surface area contributed by atoms with E-state index in [0.29, 0.717) is 11.5 Å². The van der Waals surface area contributed by atoms with Crippen molar-refractivity contribution in [3.63, 3.8) is 0 Å². The molecule has 0 N–H and O–H groups in total. The maximum atomic E-state index is 7.18. The van der Waals surface area contributed by atoms with Gasteiger partial charge in [0.1, 0.15) is 22.7 Å². The molecule has 0 amide bonds. The summed E-state index contributed by atoms with van der Waals surface area (Å²) in [7, 11) is 0. The third-order valence-corrected chi connectivity index (χ3v) is 18.1. The molecule has 444 valence electrons. The Bertz CT molecular complexity index is 4330. The van der Waals surface area contributed by atoms with Crippen molar-refractivity contribution in [3.8, 4) is 101 Å². The zero-order chi connectivity index (χ0) is 62.4. The molecule has 0 aliphatic carbocycles. The van der Waals surface area contributed by atoms with Crippen molar-refractivity contribution in [2.75, 3.05) is 4.90 Å². The molecular formula is C86H77NO3. The van der Waals surface area contributed by atoms with Gasteiger partial charge in [-0.15, -0.1) is 0 Å². The summed E-state index contributed by atoms with van der Waals surface area (Å²) in [5, 5.41) is 2.09. The lowest BCUT2D eigenvalue weighted by atomic mass is 9.84. The molecule has 13 aromatic rings. The predicted molar refractivity (Wildman–Crippen MR) is 379 cm³/mol. The van der Waals surface area contributed by atoms with Crippen molar-refractivity contribution in [1.29, 1.82) is 0 Å². The van der Waals surface area contributed by atoms with Crippen LogP contribution in [0.2, 0.25) is 0 Å². The van der Waals surface area contributed by atoms with Gasteiger partial charge in [-0.3, -0.25) is 0 Å². The average Bonchev–Trinajstić information content (AvgIpc) is 0.918. The molecule has 0 saturated carbocycles. The molecule has 4 heteroatoms. The van der Waals surface area contributed by atoms with Crippen molar-refractivity contribution in [1.82, 2.24) is 0 Å². The molecule has 2 aromatic heterocycles. The van der Waals surface area contributed by atoms with Gasteiger partial charge in [0.05, 0.1) is 11.4 Å². The molecule has 90 heavy (non-hydrogen) atoms. The molecule has 0 saturated heterocycles. The van der Waals surface area contributed by atoms with Gasteiger partial charge < -0.3 is 18.5 Å². The highest BCUT2D eigenvalue weighted by atomic mass is 16.5. The van der Waals surface area contributed by atoms with Crippen molar-refractivity contribution in [2.24, 2.45) is 0 Å². The van der Waals surface area contributed by atoms with Crippen LogP contribution >= 0.6 is 0 Å². The lowest BCUT2D eigenvalue weighted by Gasteiger charge is -2.34. The summed E-state index contributed by atoms with van der Waals surface area (Å²) < 4.78 is 20.2. The molecule has 0 spiro atoms. The summed E-state index contributed by atoms with van der Waals surface area (Å²) in [6.45, 7) is 27.3. The molecule has 1 aliphatic heterocycles. The molecule has 14 rings (SSSR count). The van der Waals surface area contributed by atoms with Crippen LogP contribution in [0, 0.1) is 0 Å². The first-order valence-corrected chi connectivity index (χ1v) is 31.7. The number of anilines is 3. The molecule has 0 bridgehead atoms. The van der Waals surface area contributed by atoms with Crippen LogP contribution in [0.15, 0.2) is 258 Å². The van der Waals surface area contributed by atoms with Gasteiger partial charge >= 0.3 is 0 Å². The van der Waals surface area contributed by atoms with E-state index in [1.807, 2.05) is 36.4 Å². The third-order valence-electron chi connectivity index (χ3n) is 18.1. The monoisotopic (exact) mass is 1170 g/mol. The molecule has 1 aliphatic rings. The minimum absolute atomic E-state index is 0.0147. The number of nitrogens with zero attached hydrogens (tertiary/aromatic N) is 1. The largest absolute Gasteiger partial charge is 0.456 e. The molecule has 0 unspecified atom stereocenters. The fourth-order valence-corrected chi connectivity index (χ4v) is 12.6. The minimum Gasteiger partial charge on any atom is -0.456 e. The Morgan fingerprint density at radius 3 is 0.800 bits per heavy atom. The van der Waals surface area contributed by atoms with Gasteiger partial charge in [0.15, 0.2) is 11.5 Å². The second-order valence-electron chi connectivity index (χ2n) is 28.8. The zero-order valence-electron chi connectivity index (χ0n) is 53.8. The molecule has 11 aromatic carbocycles. The van der Waals surface area contributed by atoms with Crippen molar-refractivity contribution in [2.45, 2.75) is 105 Å². The van der Waals surface area contributed by atoms with E-state index >= 15 is 0 Å². The molecule has 3 heterocycles. The fraction of sp³-hybridized carbons (Fsp3) is 0.186. The number of benzene rings is 11. The standard InChI is InChI=1S/C86H77NO3/c1-83(2,3)70-31-21-54(22-32-70)62-41-63(55-23-33-71(34-24-55)84(4,5)6)44-66(43-62)68-47-69(67-45-64(56-25-35-72(36-26-56)85(7,8)9)42-65(46-67)57-27-37-73(38-28-57)86(10,11)12)49-74(48-68)87-75-39-29-60(79-50-58-17-13-15-19-77(58)88-79)52-81(75)90-82-53-61(30-40-76(82)87)80-51-59-18-14-16-20-78(59)89-80/h13-53H,1-12H3. The van der Waals surface area contributed by atoms with Gasteiger partial charge in [-0.25, -0.2) is 0 Å². The van der Waals surface area contributed by atoms with E-state index in [1.54, 1.807) is 0 Å². The van der Waals surface area contributed by atoms with Crippen LogP contribution in [-0.4, -0.2) is 0 Å². The van der Waals surface area contributed by atoms with Crippen LogP contribution in [0.5, 0.6) is 11.5 Å². The number of fused-ring (bicyclic) bond motifs is 4. The number of rotatable bonds is 9. The Morgan fingerprint density at radius 1 is 0.244 bits per heavy atom. The summed E-state index contributed by atoms with van der Waals surface area (Å²) in [4.78, 5) is 2.38. The van der Waals surface area contributed by atoms with Gasteiger partial charge in [0, 0.05) is 27.6 Å². The SMILES string of the molecule is CC(C)(C)c1ccc(-c2cc(-c3ccc(C(C)(C)C)cc3)cc(-c3cc(-c4cc(-c5ccc(C(C)(C)C)cc5)cc(-c5ccc(C(C)(C)C)cc5)c4)cc(N4c5ccc(-c6cc7ccccc7o6)cc5Oc5cc(-c6cc7ccccc7o6)ccc54)c3)c2)cc1. The van der Waals surface area contributed by atoms with E-state index in [0.717, 1.165) is 128 Å². The van der Waals surface area contributed by atoms with Gasteiger partial charge in [0.25, 0.3) is 0 Å². The lowest BCUT2D eigenvalue weighted by Crippen LogP contribution is -2.16. The Hall–Kier alpha value is -9.90. The number of furan rings is 2. The summed E-state index contributed by atoms with van der Waals surface area (Å²) in [5.41, 5.74) is 25.2.